The molecule has 0 bridgehead atoms. The second kappa shape index (κ2) is 3.55. The van der Waals surface area contributed by atoms with Crippen molar-refractivity contribution in [1.82, 2.24) is 0 Å². The van der Waals surface area contributed by atoms with Gasteiger partial charge in [-0.05, 0) is 40.5 Å². The van der Waals surface area contributed by atoms with Gasteiger partial charge in [-0.2, -0.15) is 0 Å². The highest BCUT2D eigenvalue weighted by molar-refractivity contribution is 4.74. The molecule has 0 aliphatic heterocycles. The van der Waals surface area contributed by atoms with E-state index in [1.807, 2.05) is 27.7 Å². The molecule has 68 valence electrons. The van der Waals surface area contributed by atoms with Crippen molar-refractivity contribution in [2.75, 3.05) is 7.11 Å². The smallest absolute Gasteiger partial charge is 0.0623 e. The van der Waals surface area contributed by atoms with E-state index in [4.69, 9.17) is 4.74 Å². The summed E-state index contributed by atoms with van der Waals surface area (Å²) < 4.78 is 5.22. The fourth-order valence-corrected chi connectivity index (χ4v) is 0.709. The Morgan fingerprint density at radius 3 is 1.82 bits per heavy atom. The van der Waals surface area contributed by atoms with Crippen LogP contribution < -0.4 is 0 Å². The van der Waals surface area contributed by atoms with E-state index in [1.54, 1.807) is 7.11 Å². The summed E-state index contributed by atoms with van der Waals surface area (Å²) in [7, 11) is 1.70. The zero-order chi connectivity index (χ0) is 9.12. The molecule has 0 aromatic rings. The standard InChI is InChI=1S/C9H20O2/c1-8(2,10)6-7-9(3,4)11-5/h10H,6-7H2,1-5H3. The van der Waals surface area contributed by atoms with E-state index < -0.39 is 5.60 Å². The normalized spacial score (nSPS) is 13.6. The minimum atomic E-state index is -0.574. The Bertz CT molecular complexity index is 111. The van der Waals surface area contributed by atoms with Crippen LogP contribution in [-0.4, -0.2) is 23.4 Å². The first-order chi connectivity index (χ1) is 4.77. The lowest BCUT2D eigenvalue weighted by Gasteiger charge is -2.26. The second-order valence-corrected chi connectivity index (χ2v) is 4.28. The highest BCUT2D eigenvalue weighted by Gasteiger charge is 2.21. The Morgan fingerprint density at radius 2 is 1.55 bits per heavy atom. The van der Waals surface area contributed by atoms with Crippen LogP contribution in [0.5, 0.6) is 0 Å². The molecule has 0 rings (SSSR count). The zero-order valence-electron chi connectivity index (χ0n) is 8.27. The molecule has 0 spiro atoms. The molecule has 0 atom stereocenters. The number of rotatable bonds is 4. The van der Waals surface area contributed by atoms with E-state index in [-0.39, 0.29) is 5.60 Å². The van der Waals surface area contributed by atoms with Crippen LogP contribution in [0.4, 0.5) is 0 Å². The third-order valence-corrected chi connectivity index (χ3v) is 1.89. The van der Waals surface area contributed by atoms with E-state index in [0.717, 1.165) is 12.8 Å². The van der Waals surface area contributed by atoms with Crippen LogP contribution in [0.3, 0.4) is 0 Å². The van der Waals surface area contributed by atoms with Gasteiger partial charge in [-0.25, -0.2) is 0 Å². The van der Waals surface area contributed by atoms with Crippen LogP contribution in [0, 0.1) is 0 Å². The lowest BCUT2D eigenvalue weighted by Crippen LogP contribution is -2.28. The van der Waals surface area contributed by atoms with Gasteiger partial charge in [0, 0.05) is 7.11 Å². The zero-order valence-corrected chi connectivity index (χ0v) is 8.27. The average molecular weight is 160 g/mol. The second-order valence-electron chi connectivity index (χ2n) is 4.28. The Kier molecular flexibility index (Phi) is 3.52. The molecule has 1 N–H and O–H groups in total. The highest BCUT2D eigenvalue weighted by atomic mass is 16.5. The predicted octanol–water partition coefficient (Wildman–Crippen LogP) is 1.96. The molecule has 0 heterocycles. The minimum Gasteiger partial charge on any atom is -0.390 e. The van der Waals surface area contributed by atoms with Crippen LogP contribution in [0.2, 0.25) is 0 Å². The lowest BCUT2D eigenvalue weighted by atomic mass is 9.94. The number of aliphatic hydroxyl groups is 1. The van der Waals surface area contributed by atoms with Crippen molar-refractivity contribution in [2.24, 2.45) is 0 Å². The number of methoxy groups -OCH3 is 1. The average Bonchev–Trinajstić information content (AvgIpc) is 1.83. The van der Waals surface area contributed by atoms with E-state index in [2.05, 4.69) is 0 Å². The third kappa shape index (κ3) is 6.32. The molecule has 2 heteroatoms. The molecule has 0 radical (unpaired) electrons. The Balaban J connectivity index is 3.70. The van der Waals surface area contributed by atoms with Gasteiger partial charge in [-0.1, -0.05) is 0 Å². The summed E-state index contributed by atoms with van der Waals surface area (Å²) in [4.78, 5) is 0. The first-order valence-electron chi connectivity index (χ1n) is 4.04. The highest BCUT2D eigenvalue weighted by Crippen LogP contribution is 2.20. The van der Waals surface area contributed by atoms with Gasteiger partial charge in [-0.15, -0.1) is 0 Å². The van der Waals surface area contributed by atoms with Gasteiger partial charge in [0.15, 0.2) is 0 Å². The van der Waals surface area contributed by atoms with Crippen molar-refractivity contribution in [2.45, 2.75) is 51.7 Å². The summed E-state index contributed by atoms with van der Waals surface area (Å²) in [6.07, 6.45) is 1.65. The third-order valence-electron chi connectivity index (χ3n) is 1.89. The van der Waals surface area contributed by atoms with E-state index in [1.165, 1.54) is 0 Å². The Morgan fingerprint density at radius 1 is 1.09 bits per heavy atom. The number of hydrogen-bond acceptors (Lipinski definition) is 2. The molecule has 0 aliphatic rings. The fourth-order valence-electron chi connectivity index (χ4n) is 0.709. The summed E-state index contributed by atoms with van der Waals surface area (Å²) in [5, 5.41) is 9.42. The summed E-state index contributed by atoms with van der Waals surface area (Å²) in [6.45, 7) is 7.69. The summed E-state index contributed by atoms with van der Waals surface area (Å²) in [5.74, 6) is 0. The SMILES string of the molecule is COC(C)(C)CCC(C)(C)O. The predicted molar refractivity (Wildman–Crippen MR) is 46.6 cm³/mol. The first-order valence-corrected chi connectivity index (χ1v) is 4.04. The fraction of sp³-hybridized carbons (Fsp3) is 1.00. The lowest BCUT2D eigenvalue weighted by molar-refractivity contribution is -0.0132. The van der Waals surface area contributed by atoms with E-state index in [0.29, 0.717) is 0 Å². The van der Waals surface area contributed by atoms with Crippen molar-refractivity contribution < 1.29 is 9.84 Å². The van der Waals surface area contributed by atoms with Gasteiger partial charge in [-0.3, -0.25) is 0 Å². The van der Waals surface area contributed by atoms with Crippen LogP contribution in [-0.2, 0) is 4.74 Å². The summed E-state index contributed by atoms with van der Waals surface area (Å²) >= 11 is 0. The molecule has 2 nitrogen and oxygen atoms in total. The molecule has 0 amide bonds. The largest absolute Gasteiger partial charge is 0.390 e. The molecule has 0 saturated heterocycles. The summed E-state index contributed by atoms with van der Waals surface area (Å²) in [5.41, 5.74) is -0.685. The maximum Gasteiger partial charge on any atom is 0.0623 e. The molecule has 0 aliphatic carbocycles. The van der Waals surface area contributed by atoms with Crippen molar-refractivity contribution in [1.29, 1.82) is 0 Å². The van der Waals surface area contributed by atoms with Gasteiger partial charge >= 0.3 is 0 Å². The van der Waals surface area contributed by atoms with Crippen molar-refractivity contribution in [3.8, 4) is 0 Å². The molecule has 0 aromatic heterocycles. The van der Waals surface area contributed by atoms with Crippen LogP contribution in [0.1, 0.15) is 40.5 Å². The minimum absolute atomic E-state index is 0.111. The molecule has 0 unspecified atom stereocenters. The van der Waals surface area contributed by atoms with Crippen molar-refractivity contribution in [3.05, 3.63) is 0 Å². The first kappa shape index (κ1) is 10.9. The molecule has 0 fully saturated rings. The molecule has 11 heavy (non-hydrogen) atoms. The van der Waals surface area contributed by atoms with Crippen LogP contribution >= 0.6 is 0 Å². The number of hydrogen-bond donors (Lipinski definition) is 1. The van der Waals surface area contributed by atoms with Crippen molar-refractivity contribution in [3.63, 3.8) is 0 Å². The van der Waals surface area contributed by atoms with Crippen LogP contribution in [0.15, 0.2) is 0 Å². The van der Waals surface area contributed by atoms with Gasteiger partial charge < -0.3 is 9.84 Å². The van der Waals surface area contributed by atoms with Gasteiger partial charge in [0.1, 0.15) is 0 Å². The number of ether oxygens (including phenoxy) is 1. The summed E-state index contributed by atoms with van der Waals surface area (Å²) in [6, 6.07) is 0. The molecule has 0 saturated carbocycles. The van der Waals surface area contributed by atoms with Gasteiger partial charge in [0.25, 0.3) is 0 Å². The Hall–Kier alpha value is -0.0800. The molecular weight excluding hydrogens is 140 g/mol. The van der Waals surface area contributed by atoms with Gasteiger partial charge in [0.05, 0.1) is 11.2 Å². The van der Waals surface area contributed by atoms with E-state index in [9.17, 15) is 5.11 Å². The quantitative estimate of drug-likeness (QED) is 0.681. The Labute approximate surface area is 69.6 Å². The van der Waals surface area contributed by atoms with E-state index >= 15 is 0 Å². The molecular formula is C9H20O2. The maximum absolute atomic E-state index is 9.42. The topological polar surface area (TPSA) is 29.5 Å². The van der Waals surface area contributed by atoms with Crippen molar-refractivity contribution >= 4 is 0 Å². The van der Waals surface area contributed by atoms with Crippen LogP contribution in [0.25, 0.3) is 0 Å². The monoisotopic (exact) mass is 160 g/mol. The van der Waals surface area contributed by atoms with Gasteiger partial charge in [0.2, 0.25) is 0 Å². The molecule has 0 aromatic carbocycles. The maximum atomic E-state index is 9.42.